The Morgan fingerprint density at radius 1 is 1.36 bits per heavy atom. The fourth-order valence-electron chi connectivity index (χ4n) is 1.88. The molecule has 22 heavy (non-hydrogen) atoms. The van der Waals surface area contributed by atoms with Crippen LogP contribution in [0.1, 0.15) is 56.1 Å². The smallest absolute Gasteiger partial charge is 0.220 e. The van der Waals surface area contributed by atoms with Gasteiger partial charge in [0, 0.05) is 19.4 Å². The zero-order chi connectivity index (χ0) is 16.8. The van der Waals surface area contributed by atoms with E-state index in [-0.39, 0.29) is 31.1 Å². The van der Waals surface area contributed by atoms with Gasteiger partial charge in [0.25, 0.3) is 0 Å². The maximum absolute atomic E-state index is 11.9. The molecule has 1 aromatic rings. The first-order chi connectivity index (χ1) is 10.2. The van der Waals surface area contributed by atoms with Crippen LogP contribution in [0, 0.1) is 5.92 Å². The number of thiophene rings is 1. The first-order valence-electron chi connectivity index (χ1n) is 7.47. The molecule has 0 aromatic carbocycles. The summed E-state index contributed by atoms with van der Waals surface area (Å²) in [7, 11) is 0. The lowest BCUT2D eigenvalue weighted by atomic mass is 9.95. The molecular formula is C16H24ClNO3S. The lowest BCUT2D eigenvalue weighted by Gasteiger charge is -2.24. The zero-order valence-corrected chi connectivity index (χ0v) is 14.9. The minimum atomic E-state index is -0.911. The van der Waals surface area contributed by atoms with Crippen molar-refractivity contribution in [1.29, 1.82) is 0 Å². The molecule has 1 heterocycles. The van der Waals surface area contributed by atoms with Crippen molar-refractivity contribution in [2.24, 2.45) is 5.92 Å². The molecule has 1 aromatic heterocycles. The average Bonchev–Trinajstić information content (AvgIpc) is 2.87. The van der Waals surface area contributed by atoms with Crippen LogP contribution in [0.15, 0.2) is 12.1 Å². The van der Waals surface area contributed by atoms with E-state index in [9.17, 15) is 14.7 Å². The van der Waals surface area contributed by atoms with Gasteiger partial charge < -0.3 is 10.4 Å². The van der Waals surface area contributed by atoms with E-state index in [1.165, 1.54) is 11.3 Å². The van der Waals surface area contributed by atoms with Crippen molar-refractivity contribution in [1.82, 2.24) is 5.32 Å². The highest BCUT2D eigenvalue weighted by molar-refractivity contribution is 7.18. The van der Waals surface area contributed by atoms with Gasteiger partial charge in [0.1, 0.15) is 0 Å². The number of amides is 1. The Balaban J connectivity index is 2.30. The van der Waals surface area contributed by atoms with Crippen LogP contribution >= 0.6 is 22.9 Å². The van der Waals surface area contributed by atoms with Gasteiger partial charge in [-0.1, -0.05) is 25.4 Å². The second-order valence-electron chi connectivity index (χ2n) is 6.23. The minimum Gasteiger partial charge on any atom is -0.388 e. The SMILES string of the molecule is CC(C)CC[C@](C)(O)CNC(=O)CCC(=O)c1ccc(Cl)s1. The van der Waals surface area contributed by atoms with Crippen molar-refractivity contribution < 1.29 is 14.7 Å². The van der Waals surface area contributed by atoms with Crippen molar-refractivity contribution >= 4 is 34.6 Å². The predicted octanol–water partition coefficient (Wildman–Crippen LogP) is 3.67. The first kappa shape index (κ1) is 19.1. The van der Waals surface area contributed by atoms with Crippen LogP contribution in [0.3, 0.4) is 0 Å². The number of nitrogens with one attached hydrogen (secondary N) is 1. The third-order valence-electron chi connectivity index (χ3n) is 3.35. The van der Waals surface area contributed by atoms with E-state index < -0.39 is 5.60 Å². The van der Waals surface area contributed by atoms with Crippen molar-refractivity contribution in [2.75, 3.05) is 6.54 Å². The van der Waals surface area contributed by atoms with E-state index in [2.05, 4.69) is 19.2 Å². The zero-order valence-electron chi connectivity index (χ0n) is 13.3. The van der Waals surface area contributed by atoms with Gasteiger partial charge >= 0.3 is 0 Å². The summed E-state index contributed by atoms with van der Waals surface area (Å²) >= 11 is 7.00. The third kappa shape index (κ3) is 7.38. The van der Waals surface area contributed by atoms with E-state index in [4.69, 9.17) is 11.6 Å². The Bertz CT molecular complexity index is 511. The van der Waals surface area contributed by atoms with Crippen molar-refractivity contribution in [3.8, 4) is 0 Å². The van der Waals surface area contributed by atoms with Crippen LogP contribution < -0.4 is 5.32 Å². The van der Waals surface area contributed by atoms with Crippen LogP contribution in [0.5, 0.6) is 0 Å². The summed E-state index contributed by atoms with van der Waals surface area (Å²) < 4.78 is 0.564. The van der Waals surface area contributed by atoms with Crippen LogP contribution in [0.25, 0.3) is 0 Å². The maximum atomic E-state index is 11.9. The van der Waals surface area contributed by atoms with E-state index in [1.54, 1.807) is 19.1 Å². The average molecular weight is 346 g/mol. The Labute approximate surface area is 140 Å². The van der Waals surface area contributed by atoms with Gasteiger partial charge in [-0.2, -0.15) is 0 Å². The molecule has 0 fully saturated rings. The maximum Gasteiger partial charge on any atom is 0.220 e. The topological polar surface area (TPSA) is 66.4 Å². The van der Waals surface area contributed by atoms with Gasteiger partial charge in [-0.25, -0.2) is 0 Å². The highest BCUT2D eigenvalue weighted by Crippen LogP contribution is 2.23. The summed E-state index contributed by atoms with van der Waals surface area (Å²) in [6, 6.07) is 3.34. The van der Waals surface area contributed by atoms with E-state index in [1.807, 2.05) is 0 Å². The molecule has 4 nitrogen and oxygen atoms in total. The fourth-order valence-corrected chi connectivity index (χ4v) is 2.89. The largest absolute Gasteiger partial charge is 0.388 e. The summed E-state index contributed by atoms with van der Waals surface area (Å²) in [6.45, 7) is 6.11. The lowest BCUT2D eigenvalue weighted by Crippen LogP contribution is -2.40. The molecule has 2 N–H and O–H groups in total. The minimum absolute atomic E-state index is 0.0846. The molecule has 0 radical (unpaired) electrons. The normalized spacial score (nSPS) is 13.9. The van der Waals surface area contributed by atoms with Gasteiger partial charge in [-0.15, -0.1) is 11.3 Å². The van der Waals surface area contributed by atoms with Crippen LogP contribution in [-0.2, 0) is 4.79 Å². The van der Waals surface area contributed by atoms with Crippen LogP contribution in [0.2, 0.25) is 4.34 Å². The number of hydrogen-bond donors (Lipinski definition) is 2. The molecule has 6 heteroatoms. The molecule has 0 spiro atoms. The number of rotatable bonds is 9. The number of ketones is 1. The van der Waals surface area contributed by atoms with Crippen molar-refractivity contribution in [2.45, 2.75) is 52.1 Å². The molecule has 0 unspecified atom stereocenters. The monoisotopic (exact) mass is 345 g/mol. The molecule has 1 rings (SSSR count). The molecule has 124 valence electrons. The fraction of sp³-hybridized carbons (Fsp3) is 0.625. The second-order valence-corrected chi connectivity index (χ2v) is 7.95. The first-order valence-corrected chi connectivity index (χ1v) is 8.66. The molecule has 1 amide bonds. The Kier molecular flexibility index (Phi) is 7.53. The number of hydrogen-bond acceptors (Lipinski definition) is 4. The van der Waals surface area contributed by atoms with Gasteiger partial charge in [0.15, 0.2) is 5.78 Å². The van der Waals surface area contributed by atoms with Crippen molar-refractivity contribution in [3.05, 3.63) is 21.3 Å². The molecule has 1 atom stereocenters. The number of Topliss-reactive ketones (excluding diaryl/α,β-unsaturated/α-hetero) is 1. The van der Waals surface area contributed by atoms with Crippen LogP contribution in [-0.4, -0.2) is 28.9 Å². The molecule has 0 bridgehead atoms. The number of carbonyl (C=O) groups is 2. The molecule has 0 saturated carbocycles. The van der Waals surface area contributed by atoms with E-state index >= 15 is 0 Å². The number of halogens is 1. The van der Waals surface area contributed by atoms with Crippen LogP contribution in [0.4, 0.5) is 0 Å². The molecule has 0 aliphatic carbocycles. The molecule has 0 aliphatic rings. The van der Waals surface area contributed by atoms with E-state index in [0.717, 1.165) is 6.42 Å². The molecular weight excluding hydrogens is 322 g/mol. The van der Waals surface area contributed by atoms with Gasteiger partial charge in [0.05, 0.1) is 14.8 Å². The summed E-state index contributed by atoms with van der Waals surface area (Å²) in [4.78, 5) is 24.2. The van der Waals surface area contributed by atoms with Crippen molar-refractivity contribution in [3.63, 3.8) is 0 Å². The Morgan fingerprint density at radius 3 is 2.59 bits per heavy atom. The summed E-state index contributed by atoms with van der Waals surface area (Å²) in [5.74, 6) is 0.205. The van der Waals surface area contributed by atoms with Gasteiger partial charge in [0.2, 0.25) is 5.91 Å². The quantitative estimate of drug-likeness (QED) is 0.671. The Morgan fingerprint density at radius 2 is 2.05 bits per heavy atom. The summed E-state index contributed by atoms with van der Waals surface area (Å²) in [5, 5.41) is 12.9. The van der Waals surface area contributed by atoms with Gasteiger partial charge in [-0.05, 0) is 37.8 Å². The number of aliphatic hydroxyl groups is 1. The lowest BCUT2D eigenvalue weighted by molar-refractivity contribution is -0.122. The highest BCUT2D eigenvalue weighted by Gasteiger charge is 2.21. The molecule has 0 aliphatic heterocycles. The summed E-state index contributed by atoms with van der Waals surface area (Å²) in [6.07, 6.45) is 1.81. The standard InChI is InChI=1S/C16H24ClNO3S/c1-11(2)8-9-16(3,21)10-18-15(20)7-4-12(19)13-5-6-14(17)22-13/h5-6,11,21H,4,7-10H2,1-3H3,(H,18,20)/t16-/m0/s1. The third-order valence-corrected chi connectivity index (χ3v) is 4.63. The van der Waals surface area contributed by atoms with E-state index in [0.29, 0.717) is 21.6 Å². The highest BCUT2D eigenvalue weighted by atomic mass is 35.5. The molecule has 0 saturated heterocycles. The second kappa shape index (κ2) is 8.65. The number of carbonyl (C=O) groups excluding carboxylic acids is 2. The summed E-state index contributed by atoms with van der Waals surface area (Å²) in [5.41, 5.74) is -0.911. The predicted molar refractivity (Wildman–Crippen MR) is 90.6 cm³/mol. The van der Waals surface area contributed by atoms with Gasteiger partial charge in [-0.3, -0.25) is 9.59 Å². The Hall–Kier alpha value is -0.910.